The molecule has 10 heteroatoms. The Bertz CT molecular complexity index is 1160. The van der Waals surface area contributed by atoms with Crippen LogP contribution in [0.15, 0.2) is 41.5 Å². The maximum absolute atomic E-state index is 9.88. The first-order valence-corrected chi connectivity index (χ1v) is 11.2. The van der Waals surface area contributed by atoms with E-state index in [1.807, 2.05) is 20.8 Å². The van der Waals surface area contributed by atoms with Crippen LogP contribution in [0.2, 0.25) is 0 Å². The lowest BCUT2D eigenvalue weighted by Gasteiger charge is -2.27. The van der Waals surface area contributed by atoms with E-state index in [1.54, 1.807) is 24.4 Å². The van der Waals surface area contributed by atoms with Crippen molar-refractivity contribution in [1.82, 2.24) is 15.0 Å². The number of hydrogen-bond donors (Lipinski definition) is 3. The summed E-state index contributed by atoms with van der Waals surface area (Å²) < 4.78 is 10.9. The molecule has 4 rings (SSSR count). The van der Waals surface area contributed by atoms with Crippen molar-refractivity contribution in [3.05, 3.63) is 53.1 Å². The van der Waals surface area contributed by atoms with Crippen LogP contribution in [0.3, 0.4) is 0 Å². The molecule has 0 radical (unpaired) electrons. The molecule has 1 aliphatic rings. The van der Waals surface area contributed by atoms with Gasteiger partial charge < -0.3 is 24.8 Å². The van der Waals surface area contributed by atoms with Gasteiger partial charge in [0.2, 0.25) is 17.8 Å². The first-order valence-electron chi connectivity index (χ1n) is 11.2. The van der Waals surface area contributed by atoms with Gasteiger partial charge in [-0.15, -0.1) is 0 Å². The number of aromatic nitrogens is 3. The van der Waals surface area contributed by atoms with Crippen molar-refractivity contribution in [3.8, 4) is 11.5 Å². The maximum atomic E-state index is 9.88. The van der Waals surface area contributed by atoms with Gasteiger partial charge in [0.05, 0.1) is 26.0 Å². The fraction of sp³-hybridized carbons (Fsp3) is 0.333. The van der Waals surface area contributed by atoms with E-state index in [2.05, 4.69) is 53.9 Å². The van der Waals surface area contributed by atoms with Gasteiger partial charge in [-0.1, -0.05) is 12.1 Å². The predicted octanol–water partition coefficient (Wildman–Crippen LogP) is 3.62. The second kappa shape index (κ2) is 10.8. The zero-order chi connectivity index (χ0) is 23.9. The summed E-state index contributed by atoms with van der Waals surface area (Å²) >= 11 is 0. The largest absolute Gasteiger partial charge is 0.504 e. The van der Waals surface area contributed by atoms with Crippen LogP contribution in [0.4, 0.5) is 23.5 Å². The zero-order valence-corrected chi connectivity index (χ0v) is 19.6. The summed E-state index contributed by atoms with van der Waals surface area (Å²) in [7, 11) is 0. The Hall–Kier alpha value is -3.92. The van der Waals surface area contributed by atoms with Gasteiger partial charge in [-0.3, -0.25) is 0 Å². The highest BCUT2D eigenvalue weighted by atomic mass is 16.5. The van der Waals surface area contributed by atoms with Crippen molar-refractivity contribution in [2.45, 2.75) is 20.8 Å². The molecule has 34 heavy (non-hydrogen) atoms. The minimum absolute atomic E-state index is 0.0849. The average molecular weight is 464 g/mol. The van der Waals surface area contributed by atoms with E-state index < -0.39 is 0 Å². The van der Waals surface area contributed by atoms with Crippen LogP contribution >= 0.6 is 0 Å². The molecule has 1 saturated heterocycles. The van der Waals surface area contributed by atoms with Crippen LogP contribution in [0.25, 0.3) is 0 Å². The number of morpholine rings is 1. The molecule has 3 aromatic rings. The van der Waals surface area contributed by atoms with Crippen LogP contribution in [0.1, 0.15) is 23.6 Å². The van der Waals surface area contributed by atoms with Gasteiger partial charge in [-0.05, 0) is 61.7 Å². The Morgan fingerprint density at radius 3 is 2.68 bits per heavy atom. The minimum atomic E-state index is 0.0849. The number of anilines is 4. The quantitative estimate of drug-likeness (QED) is 0.340. The molecule has 0 amide bonds. The Kier molecular flexibility index (Phi) is 7.38. The minimum Gasteiger partial charge on any atom is -0.504 e. The molecule has 1 fully saturated rings. The normalized spacial score (nSPS) is 13.8. The van der Waals surface area contributed by atoms with Crippen molar-refractivity contribution in [1.29, 1.82) is 0 Å². The van der Waals surface area contributed by atoms with Gasteiger partial charge in [0.1, 0.15) is 0 Å². The SMILES string of the molecule is CCOc1cc(/C=N/Nc2nc(Nc3cc(C)ccc3C)nc(N3CCOCC3)n2)ccc1O. The number of aromatic hydroxyl groups is 1. The van der Waals surface area contributed by atoms with E-state index in [1.165, 1.54) is 0 Å². The molecular weight excluding hydrogens is 434 g/mol. The second-order valence-corrected chi connectivity index (χ2v) is 7.86. The third-order valence-electron chi connectivity index (χ3n) is 5.22. The smallest absolute Gasteiger partial charge is 0.250 e. The summed E-state index contributed by atoms with van der Waals surface area (Å²) in [5.41, 5.74) is 6.81. The fourth-order valence-corrected chi connectivity index (χ4v) is 3.41. The number of benzene rings is 2. The van der Waals surface area contributed by atoms with Crippen molar-refractivity contribution in [2.24, 2.45) is 5.10 Å². The second-order valence-electron chi connectivity index (χ2n) is 7.86. The Labute approximate surface area is 198 Å². The number of nitrogens with zero attached hydrogens (tertiary/aromatic N) is 5. The highest BCUT2D eigenvalue weighted by Crippen LogP contribution is 2.26. The molecule has 0 unspecified atom stereocenters. The van der Waals surface area contributed by atoms with Crippen LogP contribution in [-0.4, -0.2) is 59.2 Å². The van der Waals surface area contributed by atoms with Gasteiger partial charge in [-0.2, -0.15) is 20.1 Å². The Morgan fingerprint density at radius 2 is 1.88 bits per heavy atom. The summed E-state index contributed by atoms with van der Waals surface area (Å²) in [6, 6.07) is 11.2. The van der Waals surface area contributed by atoms with Crippen LogP contribution in [-0.2, 0) is 4.74 Å². The number of hydrogen-bond acceptors (Lipinski definition) is 10. The van der Waals surface area contributed by atoms with Gasteiger partial charge in [0, 0.05) is 18.8 Å². The topological polar surface area (TPSA) is 117 Å². The van der Waals surface area contributed by atoms with Crippen molar-refractivity contribution >= 4 is 29.7 Å². The van der Waals surface area contributed by atoms with Crippen LogP contribution < -0.4 is 20.4 Å². The van der Waals surface area contributed by atoms with Crippen LogP contribution in [0, 0.1) is 13.8 Å². The van der Waals surface area contributed by atoms with E-state index in [-0.39, 0.29) is 5.75 Å². The molecule has 0 saturated carbocycles. The van der Waals surface area contributed by atoms with E-state index >= 15 is 0 Å². The standard InChI is InChI=1S/C24H29N7O3/c1-4-34-21-14-18(7-8-20(21)32)15-25-30-23-27-22(26-19-13-16(2)5-6-17(19)3)28-24(29-23)31-9-11-33-12-10-31/h5-8,13-15,32H,4,9-12H2,1-3H3,(H2,26,27,28,29,30)/b25-15+. The lowest BCUT2D eigenvalue weighted by molar-refractivity contribution is 0.122. The van der Waals surface area contributed by atoms with Gasteiger partial charge in [0.25, 0.3) is 0 Å². The molecule has 3 N–H and O–H groups in total. The van der Waals surface area contributed by atoms with Gasteiger partial charge in [-0.25, -0.2) is 5.43 Å². The summed E-state index contributed by atoms with van der Waals surface area (Å²) in [6.07, 6.45) is 1.61. The molecule has 10 nitrogen and oxygen atoms in total. The van der Waals surface area contributed by atoms with Crippen molar-refractivity contribution < 1.29 is 14.6 Å². The fourth-order valence-electron chi connectivity index (χ4n) is 3.41. The summed E-state index contributed by atoms with van der Waals surface area (Å²) in [5, 5.41) is 17.5. The molecule has 178 valence electrons. The zero-order valence-electron chi connectivity index (χ0n) is 19.6. The number of nitrogens with one attached hydrogen (secondary N) is 2. The number of phenols is 1. The van der Waals surface area contributed by atoms with Crippen molar-refractivity contribution in [3.63, 3.8) is 0 Å². The van der Waals surface area contributed by atoms with E-state index in [0.717, 1.165) is 22.4 Å². The highest BCUT2D eigenvalue weighted by molar-refractivity contribution is 5.81. The molecular formula is C24H29N7O3. The van der Waals surface area contributed by atoms with E-state index in [0.29, 0.717) is 56.5 Å². The molecule has 0 spiro atoms. The Balaban J connectivity index is 1.58. The third kappa shape index (κ3) is 5.90. The summed E-state index contributed by atoms with van der Waals surface area (Å²) in [4.78, 5) is 15.7. The number of ether oxygens (including phenoxy) is 2. The first-order chi connectivity index (χ1) is 16.5. The predicted molar refractivity (Wildman–Crippen MR) is 133 cm³/mol. The molecule has 0 atom stereocenters. The average Bonchev–Trinajstić information content (AvgIpc) is 2.84. The molecule has 0 aliphatic carbocycles. The lowest BCUT2D eigenvalue weighted by Crippen LogP contribution is -2.37. The number of aryl methyl sites for hydroxylation is 2. The number of rotatable bonds is 8. The molecule has 1 aliphatic heterocycles. The molecule has 0 bridgehead atoms. The number of hydrazone groups is 1. The first kappa shape index (κ1) is 23.2. The van der Waals surface area contributed by atoms with E-state index in [9.17, 15) is 5.11 Å². The van der Waals surface area contributed by atoms with Crippen LogP contribution in [0.5, 0.6) is 11.5 Å². The molecule has 2 heterocycles. The monoisotopic (exact) mass is 463 g/mol. The summed E-state index contributed by atoms with van der Waals surface area (Å²) in [6.45, 7) is 9.02. The van der Waals surface area contributed by atoms with E-state index in [4.69, 9.17) is 9.47 Å². The number of phenolic OH excluding ortho intramolecular Hbond substituents is 1. The van der Waals surface area contributed by atoms with Gasteiger partial charge >= 0.3 is 0 Å². The molecule has 2 aromatic carbocycles. The third-order valence-corrected chi connectivity index (χ3v) is 5.22. The molecule has 1 aromatic heterocycles. The maximum Gasteiger partial charge on any atom is 0.250 e. The Morgan fingerprint density at radius 1 is 1.09 bits per heavy atom. The summed E-state index contributed by atoms with van der Waals surface area (Å²) in [5.74, 6) is 1.77. The highest BCUT2D eigenvalue weighted by Gasteiger charge is 2.17. The van der Waals surface area contributed by atoms with Crippen molar-refractivity contribution in [2.75, 3.05) is 48.6 Å². The lowest BCUT2D eigenvalue weighted by atomic mass is 10.1. The van der Waals surface area contributed by atoms with Gasteiger partial charge in [0.15, 0.2) is 11.5 Å².